The lowest BCUT2D eigenvalue weighted by Crippen LogP contribution is -2.46. The first kappa shape index (κ1) is 16.5. The van der Waals surface area contributed by atoms with E-state index in [1.807, 2.05) is 24.3 Å². The van der Waals surface area contributed by atoms with Crippen molar-refractivity contribution in [1.82, 2.24) is 10.0 Å². The summed E-state index contributed by atoms with van der Waals surface area (Å²) in [4.78, 5) is 0.359. The summed E-state index contributed by atoms with van der Waals surface area (Å²) >= 11 is 3.45. The second-order valence-electron chi connectivity index (χ2n) is 6.94. The summed E-state index contributed by atoms with van der Waals surface area (Å²) in [5.74, 6) is 0.449. The van der Waals surface area contributed by atoms with E-state index in [1.165, 1.54) is 0 Å². The molecule has 4 rings (SSSR count). The average Bonchev–Trinajstić information content (AvgIpc) is 3.35. The molecule has 1 aliphatic carbocycles. The van der Waals surface area contributed by atoms with E-state index in [9.17, 15) is 8.42 Å². The Bertz CT molecular complexity index is 872. The number of fused-ring (bicyclic) bond motifs is 1. The third kappa shape index (κ3) is 3.12. The lowest BCUT2D eigenvalue weighted by atomic mass is 9.89. The molecule has 0 spiro atoms. The van der Waals surface area contributed by atoms with Gasteiger partial charge >= 0.3 is 0 Å². The number of hydrogen-bond acceptors (Lipinski definition) is 3. The van der Waals surface area contributed by atoms with Crippen LogP contribution in [0.2, 0.25) is 0 Å². The Morgan fingerprint density at radius 2 is 1.71 bits per heavy atom. The maximum Gasteiger partial charge on any atom is 0.241 e. The van der Waals surface area contributed by atoms with Crippen molar-refractivity contribution in [1.29, 1.82) is 0 Å². The molecular weight excluding hydrogens is 388 g/mol. The van der Waals surface area contributed by atoms with E-state index in [0.717, 1.165) is 54.0 Å². The van der Waals surface area contributed by atoms with Gasteiger partial charge in [0.15, 0.2) is 0 Å². The molecule has 0 bridgehead atoms. The van der Waals surface area contributed by atoms with E-state index in [0.29, 0.717) is 10.8 Å². The van der Waals surface area contributed by atoms with E-state index < -0.39 is 10.0 Å². The summed E-state index contributed by atoms with van der Waals surface area (Å²) < 4.78 is 29.8. The molecule has 0 unspecified atom stereocenters. The Morgan fingerprint density at radius 3 is 2.42 bits per heavy atom. The molecule has 2 aromatic carbocycles. The molecule has 2 N–H and O–H groups in total. The second-order valence-corrected chi connectivity index (χ2v) is 9.54. The van der Waals surface area contributed by atoms with E-state index in [2.05, 4.69) is 26.0 Å². The normalized spacial score (nSPS) is 21.0. The van der Waals surface area contributed by atoms with Gasteiger partial charge in [0.1, 0.15) is 0 Å². The Labute approximate surface area is 151 Å². The van der Waals surface area contributed by atoms with E-state index in [1.54, 1.807) is 12.1 Å². The highest BCUT2D eigenvalue weighted by Gasteiger charge is 2.51. The number of sulfonamides is 1. The first-order chi connectivity index (χ1) is 11.5. The number of halogens is 1. The number of rotatable bonds is 4. The van der Waals surface area contributed by atoms with Crippen LogP contribution >= 0.6 is 15.9 Å². The molecular formula is C18H21BrN2O2S. The van der Waals surface area contributed by atoms with Gasteiger partial charge in [-0.25, -0.2) is 13.1 Å². The molecule has 0 radical (unpaired) electrons. The third-order valence-electron chi connectivity index (χ3n) is 5.33. The van der Waals surface area contributed by atoms with Crippen LogP contribution in [0.3, 0.4) is 0 Å². The average molecular weight is 409 g/mol. The number of nitrogens with one attached hydrogen (secondary N) is 2. The van der Waals surface area contributed by atoms with Crippen molar-refractivity contribution >= 4 is 36.7 Å². The molecule has 128 valence electrons. The minimum atomic E-state index is -3.49. The van der Waals surface area contributed by atoms with Crippen molar-refractivity contribution in [3.05, 3.63) is 40.9 Å². The van der Waals surface area contributed by atoms with Crippen LogP contribution in [0, 0.1) is 5.92 Å². The van der Waals surface area contributed by atoms with Gasteiger partial charge in [-0.1, -0.05) is 28.1 Å². The number of piperidine rings is 1. The SMILES string of the molecule is O=S(=O)(NC1(C2CCNCC2)CC1)c1ccc2cc(Br)ccc2c1. The largest absolute Gasteiger partial charge is 0.317 e. The minimum absolute atomic E-state index is 0.213. The topological polar surface area (TPSA) is 58.2 Å². The van der Waals surface area contributed by atoms with E-state index >= 15 is 0 Å². The van der Waals surface area contributed by atoms with Crippen LogP contribution in [-0.4, -0.2) is 27.0 Å². The summed E-state index contributed by atoms with van der Waals surface area (Å²) in [6.07, 6.45) is 4.01. The van der Waals surface area contributed by atoms with Crippen LogP contribution in [0.25, 0.3) is 10.8 Å². The lowest BCUT2D eigenvalue weighted by Gasteiger charge is -2.31. The highest BCUT2D eigenvalue weighted by atomic mass is 79.9. The summed E-state index contributed by atoms with van der Waals surface area (Å²) in [5.41, 5.74) is -0.213. The summed E-state index contributed by atoms with van der Waals surface area (Å²) in [6.45, 7) is 1.97. The quantitative estimate of drug-likeness (QED) is 0.814. The monoisotopic (exact) mass is 408 g/mol. The molecule has 6 heteroatoms. The van der Waals surface area contributed by atoms with Crippen LogP contribution in [0.4, 0.5) is 0 Å². The highest BCUT2D eigenvalue weighted by molar-refractivity contribution is 9.10. The van der Waals surface area contributed by atoms with Gasteiger partial charge in [-0.15, -0.1) is 0 Å². The van der Waals surface area contributed by atoms with Gasteiger partial charge in [-0.05, 0) is 79.7 Å². The fraction of sp³-hybridized carbons (Fsp3) is 0.444. The molecule has 1 saturated heterocycles. The van der Waals surface area contributed by atoms with Crippen LogP contribution < -0.4 is 10.0 Å². The molecule has 0 atom stereocenters. The maximum absolute atomic E-state index is 12.9. The van der Waals surface area contributed by atoms with Gasteiger partial charge in [0.05, 0.1) is 4.90 Å². The van der Waals surface area contributed by atoms with Crippen molar-refractivity contribution in [2.75, 3.05) is 13.1 Å². The molecule has 0 aromatic heterocycles. The maximum atomic E-state index is 12.9. The van der Waals surface area contributed by atoms with Crippen LogP contribution in [0.5, 0.6) is 0 Å². The zero-order chi connectivity index (χ0) is 16.8. The van der Waals surface area contributed by atoms with Gasteiger partial charge in [0.2, 0.25) is 10.0 Å². The first-order valence-corrected chi connectivity index (χ1v) is 10.7. The first-order valence-electron chi connectivity index (χ1n) is 8.43. The summed E-state index contributed by atoms with van der Waals surface area (Å²) in [6, 6.07) is 11.2. The van der Waals surface area contributed by atoms with Crippen molar-refractivity contribution in [3.63, 3.8) is 0 Å². The minimum Gasteiger partial charge on any atom is -0.317 e. The zero-order valence-electron chi connectivity index (χ0n) is 13.4. The number of benzene rings is 2. The molecule has 2 aliphatic rings. The van der Waals surface area contributed by atoms with Crippen molar-refractivity contribution in [2.24, 2.45) is 5.92 Å². The van der Waals surface area contributed by atoms with Gasteiger partial charge < -0.3 is 5.32 Å². The molecule has 1 saturated carbocycles. The molecule has 24 heavy (non-hydrogen) atoms. The Hall–Kier alpha value is -0.950. The van der Waals surface area contributed by atoms with Crippen molar-refractivity contribution in [3.8, 4) is 0 Å². The van der Waals surface area contributed by atoms with Crippen LogP contribution in [0.15, 0.2) is 45.8 Å². The lowest BCUT2D eigenvalue weighted by molar-refractivity contribution is 0.288. The molecule has 1 aliphatic heterocycles. The molecule has 1 heterocycles. The smallest absolute Gasteiger partial charge is 0.241 e. The third-order valence-corrected chi connectivity index (χ3v) is 7.37. The predicted molar refractivity (Wildman–Crippen MR) is 99.5 cm³/mol. The fourth-order valence-electron chi connectivity index (χ4n) is 3.79. The fourth-order valence-corrected chi connectivity index (χ4v) is 5.72. The van der Waals surface area contributed by atoms with Gasteiger partial charge in [-0.3, -0.25) is 0 Å². The standard InChI is InChI=1S/C18H21BrN2O2S/c19-16-3-1-14-12-17(4-2-13(14)11-16)24(22,23)21-18(7-8-18)15-5-9-20-10-6-15/h1-4,11-12,15,20-21H,5-10H2. The second kappa shape index (κ2) is 6.09. The summed E-state index contributed by atoms with van der Waals surface area (Å²) in [5, 5.41) is 5.32. The summed E-state index contributed by atoms with van der Waals surface area (Å²) in [7, 11) is -3.49. The van der Waals surface area contributed by atoms with Gasteiger partial charge in [0, 0.05) is 10.0 Å². The van der Waals surface area contributed by atoms with Gasteiger partial charge in [-0.2, -0.15) is 0 Å². The highest BCUT2D eigenvalue weighted by Crippen LogP contribution is 2.47. The van der Waals surface area contributed by atoms with E-state index in [-0.39, 0.29) is 5.54 Å². The molecule has 4 nitrogen and oxygen atoms in total. The number of hydrogen-bond donors (Lipinski definition) is 2. The van der Waals surface area contributed by atoms with Crippen molar-refractivity contribution in [2.45, 2.75) is 36.1 Å². The molecule has 2 aromatic rings. The van der Waals surface area contributed by atoms with E-state index in [4.69, 9.17) is 0 Å². The van der Waals surface area contributed by atoms with Crippen molar-refractivity contribution < 1.29 is 8.42 Å². The Morgan fingerprint density at radius 1 is 1.04 bits per heavy atom. The van der Waals surface area contributed by atoms with Crippen LogP contribution in [-0.2, 0) is 10.0 Å². The van der Waals surface area contributed by atoms with Crippen LogP contribution in [0.1, 0.15) is 25.7 Å². The van der Waals surface area contributed by atoms with Gasteiger partial charge in [0.25, 0.3) is 0 Å². The zero-order valence-corrected chi connectivity index (χ0v) is 15.8. The predicted octanol–water partition coefficient (Wildman–Crippen LogP) is 3.41. The molecule has 2 fully saturated rings. The Balaban J connectivity index is 1.61. The molecule has 0 amide bonds. The Kier molecular flexibility index (Phi) is 4.19.